The van der Waals surface area contributed by atoms with E-state index in [4.69, 9.17) is 9.84 Å². The zero-order chi connectivity index (χ0) is 19.5. The van der Waals surface area contributed by atoms with E-state index in [-0.39, 0.29) is 29.0 Å². The van der Waals surface area contributed by atoms with Crippen LogP contribution in [0.25, 0.3) is 0 Å². The zero-order valence-corrected chi connectivity index (χ0v) is 15.7. The molecule has 1 aromatic rings. The lowest BCUT2D eigenvalue weighted by Gasteiger charge is -2.35. The molecule has 0 spiro atoms. The maximum Gasteiger partial charge on any atom is 0.339 e. The molecule has 1 heterocycles. The predicted molar refractivity (Wildman–Crippen MR) is 97.3 cm³/mol. The number of hydrogen-bond acceptors (Lipinski definition) is 4. The number of ether oxygens (including phenoxy) is 1. The molecule has 0 aliphatic carbocycles. The van der Waals surface area contributed by atoms with Crippen LogP contribution in [0, 0.1) is 11.3 Å². The van der Waals surface area contributed by atoms with Crippen LogP contribution >= 0.6 is 0 Å². The first-order valence-electron chi connectivity index (χ1n) is 8.65. The van der Waals surface area contributed by atoms with Gasteiger partial charge in [-0.05, 0) is 25.0 Å². The van der Waals surface area contributed by atoms with E-state index >= 15 is 0 Å². The van der Waals surface area contributed by atoms with Crippen molar-refractivity contribution in [3.8, 4) is 5.75 Å². The minimum Gasteiger partial charge on any atom is -0.496 e. The fraction of sp³-hybridized carbons (Fsp3) is 0.526. The zero-order valence-electron chi connectivity index (χ0n) is 15.7. The topological polar surface area (TPSA) is 95.9 Å². The van der Waals surface area contributed by atoms with Crippen molar-refractivity contribution < 1.29 is 24.2 Å². The van der Waals surface area contributed by atoms with E-state index in [9.17, 15) is 14.4 Å². The summed E-state index contributed by atoms with van der Waals surface area (Å²) in [6.07, 6.45) is 1.49. The molecule has 0 aromatic heterocycles. The van der Waals surface area contributed by atoms with Crippen molar-refractivity contribution in [3.63, 3.8) is 0 Å². The van der Waals surface area contributed by atoms with Crippen LogP contribution < -0.4 is 10.1 Å². The molecule has 1 unspecified atom stereocenters. The van der Waals surface area contributed by atoms with Crippen LogP contribution in [0.15, 0.2) is 18.2 Å². The van der Waals surface area contributed by atoms with E-state index in [0.717, 1.165) is 6.42 Å². The van der Waals surface area contributed by atoms with Gasteiger partial charge < -0.3 is 20.1 Å². The molecular formula is C19H26N2O5. The monoisotopic (exact) mass is 362 g/mol. The van der Waals surface area contributed by atoms with Crippen LogP contribution in [-0.2, 0) is 9.59 Å². The van der Waals surface area contributed by atoms with Crippen molar-refractivity contribution in [1.82, 2.24) is 4.90 Å². The Hall–Kier alpha value is -2.57. The van der Waals surface area contributed by atoms with Gasteiger partial charge in [0.2, 0.25) is 11.8 Å². The predicted octanol–water partition coefficient (Wildman–Crippen LogP) is 2.62. The lowest BCUT2D eigenvalue weighted by atomic mass is 9.91. The standard InChI is InChI=1S/C19H26N2O5/c1-19(2,3)18(25)21-9-5-6-12(11-21)16(22)20-13-7-8-14(17(23)24)15(10-13)26-4/h7-8,10,12H,5-6,9,11H2,1-4H3,(H,20,22)(H,23,24). The first kappa shape index (κ1) is 19.8. The maximum atomic E-state index is 12.6. The number of methoxy groups -OCH3 is 1. The third-order valence-corrected chi connectivity index (χ3v) is 4.42. The van der Waals surface area contributed by atoms with Gasteiger partial charge in [-0.3, -0.25) is 9.59 Å². The SMILES string of the molecule is COc1cc(NC(=O)C2CCCN(C(=O)C(C)(C)C)C2)ccc1C(=O)O. The number of nitrogens with one attached hydrogen (secondary N) is 1. The molecular weight excluding hydrogens is 336 g/mol. The van der Waals surface area contributed by atoms with E-state index in [1.54, 1.807) is 4.90 Å². The molecule has 1 aliphatic rings. The molecule has 2 amide bonds. The summed E-state index contributed by atoms with van der Waals surface area (Å²) < 4.78 is 5.08. The van der Waals surface area contributed by atoms with E-state index in [1.807, 2.05) is 20.8 Å². The summed E-state index contributed by atoms with van der Waals surface area (Å²) in [7, 11) is 1.38. The van der Waals surface area contributed by atoms with Crippen LogP contribution in [0.3, 0.4) is 0 Å². The molecule has 0 saturated carbocycles. The van der Waals surface area contributed by atoms with Crippen LogP contribution in [0.5, 0.6) is 5.75 Å². The second-order valence-electron chi connectivity index (χ2n) is 7.55. The molecule has 1 fully saturated rings. The highest BCUT2D eigenvalue weighted by atomic mass is 16.5. The third-order valence-electron chi connectivity index (χ3n) is 4.42. The third kappa shape index (κ3) is 4.53. The minimum atomic E-state index is -1.09. The van der Waals surface area contributed by atoms with Gasteiger partial charge in [0.15, 0.2) is 0 Å². The lowest BCUT2D eigenvalue weighted by molar-refractivity contribution is -0.142. The van der Waals surface area contributed by atoms with Crippen molar-refractivity contribution in [1.29, 1.82) is 0 Å². The van der Waals surface area contributed by atoms with Gasteiger partial charge in [0, 0.05) is 30.3 Å². The number of benzene rings is 1. The fourth-order valence-electron chi connectivity index (χ4n) is 3.04. The van der Waals surface area contributed by atoms with Gasteiger partial charge in [0.1, 0.15) is 11.3 Å². The van der Waals surface area contributed by atoms with E-state index in [2.05, 4.69) is 5.32 Å². The van der Waals surface area contributed by atoms with Crippen molar-refractivity contribution in [2.24, 2.45) is 11.3 Å². The number of aromatic carboxylic acids is 1. The Balaban J connectivity index is 2.07. The van der Waals surface area contributed by atoms with Crippen LogP contribution in [0.2, 0.25) is 0 Å². The number of carbonyl (C=O) groups excluding carboxylic acids is 2. The Bertz CT molecular complexity index is 708. The van der Waals surface area contributed by atoms with Crippen LogP contribution in [0.4, 0.5) is 5.69 Å². The van der Waals surface area contributed by atoms with Crippen molar-refractivity contribution >= 4 is 23.5 Å². The molecule has 1 aromatic carbocycles. The second kappa shape index (κ2) is 7.76. The number of anilines is 1. The number of carbonyl (C=O) groups is 3. The van der Waals surface area contributed by atoms with Gasteiger partial charge in [0.25, 0.3) is 0 Å². The Morgan fingerprint density at radius 1 is 1.27 bits per heavy atom. The largest absolute Gasteiger partial charge is 0.496 e. The quantitative estimate of drug-likeness (QED) is 0.858. The molecule has 142 valence electrons. The number of rotatable bonds is 4. The van der Waals surface area contributed by atoms with Gasteiger partial charge in [0.05, 0.1) is 13.0 Å². The highest BCUT2D eigenvalue weighted by molar-refractivity contribution is 5.96. The highest BCUT2D eigenvalue weighted by Gasteiger charge is 2.33. The van der Waals surface area contributed by atoms with Gasteiger partial charge in [-0.1, -0.05) is 20.8 Å². The smallest absolute Gasteiger partial charge is 0.339 e. The van der Waals surface area contributed by atoms with E-state index < -0.39 is 11.4 Å². The molecule has 0 radical (unpaired) electrons. The second-order valence-corrected chi connectivity index (χ2v) is 7.55. The molecule has 2 N–H and O–H groups in total. The van der Waals surface area contributed by atoms with Crippen molar-refractivity contribution in [2.75, 3.05) is 25.5 Å². The lowest BCUT2D eigenvalue weighted by Crippen LogP contribution is -2.47. The Morgan fingerprint density at radius 3 is 2.54 bits per heavy atom. The number of carboxylic acid groups (broad SMARTS) is 1. The summed E-state index contributed by atoms with van der Waals surface area (Å²) in [6, 6.07) is 4.42. The van der Waals surface area contributed by atoms with E-state index in [0.29, 0.717) is 25.2 Å². The maximum absolute atomic E-state index is 12.6. The molecule has 1 atom stereocenters. The Labute approximate surface area is 153 Å². The van der Waals surface area contributed by atoms with Crippen molar-refractivity contribution in [2.45, 2.75) is 33.6 Å². The van der Waals surface area contributed by atoms with Crippen molar-refractivity contribution in [3.05, 3.63) is 23.8 Å². The summed E-state index contributed by atoms with van der Waals surface area (Å²) >= 11 is 0. The van der Waals surface area contributed by atoms with Gasteiger partial charge in [-0.25, -0.2) is 4.79 Å². The molecule has 7 nitrogen and oxygen atoms in total. The average molecular weight is 362 g/mol. The minimum absolute atomic E-state index is 0.0325. The summed E-state index contributed by atoms with van der Waals surface area (Å²) in [5.74, 6) is -1.34. The Kier molecular flexibility index (Phi) is 5.90. The van der Waals surface area contributed by atoms with Crippen LogP contribution in [-0.4, -0.2) is 48.0 Å². The molecule has 2 rings (SSSR count). The Morgan fingerprint density at radius 2 is 1.96 bits per heavy atom. The number of likely N-dealkylation sites (tertiary alicyclic amines) is 1. The highest BCUT2D eigenvalue weighted by Crippen LogP contribution is 2.26. The molecule has 1 aliphatic heterocycles. The normalized spacial score (nSPS) is 17.5. The fourth-order valence-corrected chi connectivity index (χ4v) is 3.04. The first-order chi connectivity index (χ1) is 12.1. The van der Waals surface area contributed by atoms with E-state index in [1.165, 1.54) is 25.3 Å². The first-order valence-corrected chi connectivity index (χ1v) is 8.65. The van der Waals surface area contributed by atoms with Gasteiger partial charge >= 0.3 is 5.97 Å². The molecule has 0 bridgehead atoms. The number of nitrogens with zero attached hydrogens (tertiary/aromatic N) is 1. The summed E-state index contributed by atoms with van der Waals surface area (Å²) in [6.45, 7) is 6.67. The average Bonchev–Trinajstić information content (AvgIpc) is 2.60. The number of carboxylic acids is 1. The summed E-state index contributed by atoms with van der Waals surface area (Å²) in [4.78, 5) is 37.9. The number of amides is 2. The number of hydrogen-bond donors (Lipinski definition) is 2. The molecule has 7 heteroatoms. The van der Waals surface area contributed by atoms with Gasteiger partial charge in [-0.15, -0.1) is 0 Å². The van der Waals surface area contributed by atoms with Crippen LogP contribution in [0.1, 0.15) is 44.0 Å². The number of piperidine rings is 1. The molecule has 26 heavy (non-hydrogen) atoms. The van der Waals surface area contributed by atoms with Gasteiger partial charge in [-0.2, -0.15) is 0 Å². The molecule has 1 saturated heterocycles. The summed E-state index contributed by atoms with van der Waals surface area (Å²) in [5, 5.41) is 11.9. The summed E-state index contributed by atoms with van der Waals surface area (Å²) in [5.41, 5.74) is 0.0273.